The van der Waals surface area contributed by atoms with E-state index in [0.29, 0.717) is 24.3 Å². The summed E-state index contributed by atoms with van der Waals surface area (Å²) in [7, 11) is 3.96. The summed E-state index contributed by atoms with van der Waals surface area (Å²) in [6, 6.07) is 0.0570. The van der Waals surface area contributed by atoms with Crippen molar-refractivity contribution in [3.63, 3.8) is 0 Å². The smallest absolute Gasteiger partial charge is 0.258 e. The number of hydrogen-bond donors (Lipinski definition) is 1. The lowest BCUT2D eigenvalue weighted by atomic mass is 10.1. The Kier molecular flexibility index (Phi) is 4.20. The fraction of sp³-hybridized carbons (Fsp3) is 0.667. The Morgan fingerprint density at radius 3 is 2.50 bits per heavy atom. The Hall–Kier alpha value is -1.33. The van der Waals surface area contributed by atoms with Crippen molar-refractivity contribution in [2.75, 3.05) is 27.2 Å². The number of hydrogen-bond acceptors (Lipinski definition) is 4. The fourth-order valence-corrected chi connectivity index (χ4v) is 2.99. The van der Waals surface area contributed by atoms with Gasteiger partial charge in [0.2, 0.25) is 0 Å². The van der Waals surface area contributed by atoms with E-state index in [9.17, 15) is 9.90 Å². The zero-order chi connectivity index (χ0) is 15.0. The molecule has 0 radical (unpaired) electrons. The number of rotatable bonds is 3. The minimum atomic E-state index is -0.433. The van der Waals surface area contributed by atoms with Gasteiger partial charge in [0.25, 0.3) is 5.91 Å². The molecule has 0 saturated carbocycles. The van der Waals surface area contributed by atoms with Crippen molar-refractivity contribution in [2.24, 2.45) is 0 Å². The predicted molar refractivity (Wildman–Crippen MR) is 76.9 cm³/mol. The monoisotopic (exact) mass is 280 g/mol. The molecule has 1 amide bonds. The Morgan fingerprint density at radius 1 is 1.35 bits per heavy atom. The lowest BCUT2D eigenvalue weighted by Crippen LogP contribution is -2.41. The van der Waals surface area contributed by atoms with Gasteiger partial charge in [-0.3, -0.25) is 4.79 Å². The summed E-state index contributed by atoms with van der Waals surface area (Å²) in [5, 5.41) is 9.89. The van der Waals surface area contributed by atoms with Crippen molar-refractivity contribution in [3.05, 3.63) is 22.6 Å². The Labute approximate surface area is 120 Å². The third kappa shape index (κ3) is 2.74. The molecule has 0 spiro atoms. The molecular formula is C15H24N2O3. The van der Waals surface area contributed by atoms with Crippen molar-refractivity contribution < 1.29 is 14.3 Å². The van der Waals surface area contributed by atoms with Gasteiger partial charge in [-0.15, -0.1) is 0 Å². The summed E-state index contributed by atoms with van der Waals surface area (Å²) in [4.78, 5) is 16.6. The topological polar surface area (TPSA) is 56.9 Å². The number of aliphatic hydroxyl groups is 1. The van der Waals surface area contributed by atoms with Crippen molar-refractivity contribution >= 4 is 5.91 Å². The van der Waals surface area contributed by atoms with Gasteiger partial charge in [-0.05, 0) is 41.3 Å². The molecule has 0 bridgehead atoms. The van der Waals surface area contributed by atoms with Crippen LogP contribution in [-0.4, -0.2) is 60.1 Å². The van der Waals surface area contributed by atoms with Crippen LogP contribution in [0.3, 0.4) is 0 Å². The second kappa shape index (κ2) is 5.58. The zero-order valence-electron chi connectivity index (χ0n) is 12.9. The Morgan fingerprint density at radius 2 is 2.00 bits per heavy atom. The maximum Gasteiger partial charge on any atom is 0.258 e. The molecule has 0 aliphatic carbocycles. The minimum absolute atomic E-state index is 0.0275. The molecule has 2 unspecified atom stereocenters. The van der Waals surface area contributed by atoms with E-state index in [4.69, 9.17) is 4.42 Å². The van der Waals surface area contributed by atoms with Gasteiger partial charge in [-0.2, -0.15) is 0 Å². The highest BCUT2D eigenvalue weighted by Gasteiger charge is 2.36. The van der Waals surface area contributed by atoms with Crippen LogP contribution < -0.4 is 0 Å². The molecule has 5 nitrogen and oxygen atoms in total. The molecular weight excluding hydrogens is 256 g/mol. The molecule has 1 saturated heterocycles. The highest BCUT2D eigenvalue weighted by Crippen LogP contribution is 2.27. The van der Waals surface area contributed by atoms with Crippen LogP contribution in [0.5, 0.6) is 0 Å². The zero-order valence-corrected chi connectivity index (χ0v) is 12.9. The van der Waals surface area contributed by atoms with E-state index in [2.05, 4.69) is 0 Å². The third-order valence-corrected chi connectivity index (χ3v) is 4.00. The Balaban J connectivity index is 2.27. The van der Waals surface area contributed by atoms with Crippen molar-refractivity contribution in [1.82, 2.24) is 9.80 Å². The molecule has 1 N–H and O–H groups in total. The molecule has 2 heterocycles. The van der Waals surface area contributed by atoms with Gasteiger partial charge in [-0.25, -0.2) is 0 Å². The third-order valence-electron chi connectivity index (χ3n) is 4.00. The molecule has 1 fully saturated rings. The highest BCUT2D eigenvalue weighted by molar-refractivity contribution is 5.97. The van der Waals surface area contributed by atoms with Crippen molar-refractivity contribution in [2.45, 2.75) is 39.3 Å². The summed E-state index contributed by atoms with van der Waals surface area (Å²) in [6.45, 7) is 6.76. The minimum Gasteiger partial charge on any atom is -0.466 e. The van der Waals surface area contributed by atoms with E-state index < -0.39 is 6.10 Å². The summed E-state index contributed by atoms with van der Waals surface area (Å²) < 4.78 is 5.55. The molecule has 112 valence electrons. The number of carbonyl (C=O) groups is 1. The quantitative estimate of drug-likeness (QED) is 0.908. The van der Waals surface area contributed by atoms with E-state index in [-0.39, 0.29) is 11.9 Å². The lowest BCUT2D eigenvalue weighted by Gasteiger charge is -2.27. The fourth-order valence-electron chi connectivity index (χ4n) is 2.99. The van der Waals surface area contributed by atoms with Gasteiger partial charge < -0.3 is 19.3 Å². The number of amides is 1. The number of nitrogens with zero attached hydrogens (tertiary/aromatic N) is 2. The van der Waals surface area contributed by atoms with Gasteiger partial charge in [0.15, 0.2) is 0 Å². The number of aryl methyl sites for hydroxylation is 2. The number of likely N-dealkylation sites (tertiary alicyclic amines) is 1. The van der Waals surface area contributed by atoms with Gasteiger partial charge >= 0.3 is 0 Å². The number of furan rings is 1. The first-order chi connectivity index (χ1) is 9.31. The second-order valence-corrected chi connectivity index (χ2v) is 5.98. The van der Waals surface area contributed by atoms with Gasteiger partial charge in [-0.1, -0.05) is 0 Å². The normalized spacial score (nSPS) is 22.9. The second-order valence-electron chi connectivity index (χ2n) is 5.98. The highest BCUT2D eigenvalue weighted by atomic mass is 16.3. The first-order valence-corrected chi connectivity index (χ1v) is 7.01. The average Bonchev–Trinajstić information content (AvgIpc) is 2.79. The van der Waals surface area contributed by atoms with Crippen LogP contribution in [0.15, 0.2) is 4.42 Å². The molecule has 2 rings (SSSR count). The summed E-state index contributed by atoms with van der Waals surface area (Å²) >= 11 is 0. The van der Waals surface area contributed by atoms with Crippen molar-refractivity contribution in [3.8, 4) is 0 Å². The molecule has 1 aliphatic rings. The first-order valence-electron chi connectivity index (χ1n) is 7.01. The summed E-state index contributed by atoms with van der Waals surface area (Å²) in [5.41, 5.74) is 1.55. The van der Waals surface area contributed by atoms with Gasteiger partial charge in [0, 0.05) is 24.7 Å². The maximum absolute atomic E-state index is 12.8. The van der Waals surface area contributed by atoms with Gasteiger partial charge in [0.1, 0.15) is 11.5 Å². The SMILES string of the molecule is Cc1oc(C)c(C(=O)N2CC(O)CC2CN(C)C)c1C. The van der Waals surface area contributed by atoms with E-state index in [1.165, 1.54) is 0 Å². The van der Waals surface area contributed by atoms with Gasteiger partial charge in [0.05, 0.1) is 11.7 Å². The molecule has 1 aliphatic heterocycles. The average molecular weight is 280 g/mol. The van der Waals surface area contributed by atoms with Crippen LogP contribution >= 0.6 is 0 Å². The van der Waals surface area contributed by atoms with Crippen LogP contribution in [0.25, 0.3) is 0 Å². The number of β-amino-alcohol motifs (C(OH)–C–C–N with tert-alkyl or cyclic N) is 1. The first kappa shape index (κ1) is 15.1. The standard InChI is InChI=1S/C15H24N2O3/c1-9-10(2)20-11(3)14(9)15(19)17-8-13(18)6-12(17)7-16(4)5/h12-13,18H,6-8H2,1-5H3. The molecule has 0 aromatic carbocycles. The van der Waals surface area contributed by atoms with E-state index in [1.807, 2.05) is 39.8 Å². The van der Waals surface area contributed by atoms with E-state index in [1.54, 1.807) is 4.90 Å². The number of carbonyl (C=O) groups excluding carboxylic acids is 1. The van der Waals surface area contributed by atoms with E-state index in [0.717, 1.165) is 17.9 Å². The summed E-state index contributed by atoms with van der Waals surface area (Å²) in [5.74, 6) is 1.42. The van der Waals surface area contributed by atoms with E-state index >= 15 is 0 Å². The maximum atomic E-state index is 12.8. The molecule has 1 aromatic heterocycles. The largest absolute Gasteiger partial charge is 0.466 e. The van der Waals surface area contributed by atoms with Crippen molar-refractivity contribution in [1.29, 1.82) is 0 Å². The van der Waals surface area contributed by atoms with Crippen LogP contribution in [-0.2, 0) is 0 Å². The molecule has 20 heavy (non-hydrogen) atoms. The lowest BCUT2D eigenvalue weighted by molar-refractivity contribution is 0.0696. The predicted octanol–water partition coefficient (Wildman–Crippen LogP) is 1.34. The van der Waals surface area contributed by atoms with Crippen LogP contribution in [0, 0.1) is 20.8 Å². The molecule has 2 atom stereocenters. The molecule has 1 aromatic rings. The Bertz CT molecular complexity index is 507. The van der Waals surface area contributed by atoms with Crippen LogP contribution in [0.4, 0.5) is 0 Å². The summed E-state index contributed by atoms with van der Waals surface area (Å²) in [6.07, 6.45) is 0.205. The molecule has 5 heteroatoms. The number of aliphatic hydroxyl groups excluding tert-OH is 1. The van der Waals surface area contributed by atoms with Crippen LogP contribution in [0.2, 0.25) is 0 Å². The number of likely N-dealkylation sites (N-methyl/N-ethyl adjacent to an activating group) is 1. The van der Waals surface area contributed by atoms with Crippen LogP contribution in [0.1, 0.15) is 33.9 Å².